The molecule has 10 nitrogen and oxygen atoms in total. The molecule has 1 unspecified atom stereocenters. The molecular formula is C19H17N3O7S. The first-order valence-electron chi connectivity index (χ1n) is 8.89. The van der Waals surface area contributed by atoms with Gasteiger partial charge in [0, 0.05) is 11.6 Å². The third kappa shape index (κ3) is 3.43. The van der Waals surface area contributed by atoms with Crippen LogP contribution in [0.15, 0.2) is 35.2 Å². The quantitative estimate of drug-likeness (QED) is 0.496. The second-order valence-electron chi connectivity index (χ2n) is 6.82. The highest BCUT2D eigenvalue weighted by atomic mass is 32.2. The zero-order valence-corrected chi connectivity index (χ0v) is 16.8. The Hall–Kier alpha value is -3.60. The van der Waals surface area contributed by atoms with E-state index < -0.39 is 27.8 Å². The molecule has 1 atom stereocenters. The number of ketones is 1. The van der Waals surface area contributed by atoms with Gasteiger partial charge in [0.15, 0.2) is 17.3 Å². The van der Waals surface area contributed by atoms with Crippen molar-refractivity contribution in [1.29, 1.82) is 0 Å². The fourth-order valence-corrected chi connectivity index (χ4v) is 4.12. The van der Waals surface area contributed by atoms with Crippen LogP contribution >= 0.6 is 0 Å². The molecule has 2 aliphatic rings. The summed E-state index contributed by atoms with van der Waals surface area (Å²) in [5, 5.41) is 5.11. The van der Waals surface area contributed by atoms with Crippen molar-refractivity contribution >= 4 is 44.7 Å². The standard InChI is InChI=1S/C19H17N3O7S/c1-9-18(24)20-13-4-3-11(5-15(13)21-19(9)25)30(26,27)22-14-7-17-16(28-8-29-17)6-12(14)10(2)23/h3-7,9,22H,8H2,1-2H3,(H,20,24)(H,21,25). The Labute approximate surface area is 171 Å². The summed E-state index contributed by atoms with van der Waals surface area (Å²) in [6.07, 6.45) is 0. The number of anilines is 3. The van der Waals surface area contributed by atoms with Gasteiger partial charge < -0.3 is 20.1 Å². The predicted molar refractivity (Wildman–Crippen MR) is 106 cm³/mol. The number of hydrogen-bond acceptors (Lipinski definition) is 7. The molecule has 0 bridgehead atoms. The largest absolute Gasteiger partial charge is 0.454 e. The molecule has 30 heavy (non-hydrogen) atoms. The molecule has 11 heteroatoms. The Balaban J connectivity index is 1.71. The molecule has 0 fully saturated rings. The molecule has 3 N–H and O–H groups in total. The molecule has 4 rings (SSSR count). The third-order valence-corrected chi connectivity index (χ3v) is 6.10. The summed E-state index contributed by atoms with van der Waals surface area (Å²) in [5.74, 6) is -1.68. The first-order valence-corrected chi connectivity index (χ1v) is 10.4. The number of Topliss-reactive ketones (excluding diaryl/α,β-unsaturated/α-hetero) is 1. The zero-order valence-electron chi connectivity index (χ0n) is 15.9. The lowest BCUT2D eigenvalue weighted by Gasteiger charge is -2.14. The van der Waals surface area contributed by atoms with Gasteiger partial charge in [-0.05, 0) is 38.1 Å². The first kappa shape index (κ1) is 19.7. The van der Waals surface area contributed by atoms with Crippen molar-refractivity contribution in [3.8, 4) is 11.5 Å². The minimum absolute atomic E-state index is 0.0302. The van der Waals surface area contributed by atoms with Gasteiger partial charge in [-0.15, -0.1) is 0 Å². The maximum absolute atomic E-state index is 13.0. The average molecular weight is 431 g/mol. The number of ether oxygens (including phenoxy) is 2. The molecule has 0 saturated heterocycles. The van der Waals surface area contributed by atoms with Gasteiger partial charge in [0.2, 0.25) is 18.6 Å². The molecule has 0 aliphatic carbocycles. The van der Waals surface area contributed by atoms with Crippen LogP contribution in [0.5, 0.6) is 11.5 Å². The summed E-state index contributed by atoms with van der Waals surface area (Å²) < 4.78 is 38.8. The van der Waals surface area contributed by atoms with Gasteiger partial charge in [0.05, 0.1) is 22.0 Å². The Morgan fingerprint density at radius 1 is 1.03 bits per heavy atom. The molecule has 2 heterocycles. The van der Waals surface area contributed by atoms with Gasteiger partial charge in [-0.3, -0.25) is 19.1 Å². The van der Waals surface area contributed by atoms with Crippen molar-refractivity contribution < 1.29 is 32.3 Å². The third-order valence-electron chi connectivity index (χ3n) is 4.74. The minimum atomic E-state index is -4.14. The molecule has 0 saturated carbocycles. The van der Waals surface area contributed by atoms with E-state index in [1.807, 2.05) is 0 Å². The van der Waals surface area contributed by atoms with Crippen LogP contribution in [0.4, 0.5) is 17.1 Å². The van der Waals surface area contributed by atoms with Gasteiger partial charge >= 0.3 is 0 Å². The van der Waals surface area contributed by atoms with Crippen molar-refractivity contribution in [2.45, 2.75) is 18.7 Å². The van der Waals surface area contributed by atoms with E-state index >= 15 is 0 Å². The molecule has 2 aliphatic heterocycles. The number of carbonyl (C=O) groups is 3. The molecule has 0 aromatic heterocycles. The highest BCUT2D eigenvalue weighted by molar-refractivity contribution is 7.92. The van der Waals surface area contributed by atoms with E-state index in [9.17, 15) is 22.8 Å². The number of benzene rings is 2. The molecule has 156 valence electrons. The number of nitrogens with one attached hydrogen (secondary N) is 3. The fourth-order valence-electron chi connectivity index (χ4n) is 3.03. The highest BCUT2D eigenvalue weighted by Crippen LogP contribution is 2.38. The highest BCUT2D eigenvalue weighted by Gasteiger charge is 2.28. The Kier molecular flexibility index (Phi) is 4.61. The Bertz CT molecular complexity index is 1210. The molecule has 0 radical (unpaired) electrons. The smallest absolute Gasteiger partial charge is 0.261 e. The van der Waals surface area contributed by atoms with Gasteiger partial charge in [0.25, 0.3) is 10.0 Å². The maximum Gasteiger partial charge on any atom is 0.261 e. The molecule has 0 spiro atoms. The van der Waals surface area contributed by atoms with Crippen LogP contribution < -0.4 is 24.8 Å². The van der Waals surface area contributed by atoms with E-state index in [0.717, 1.165) is 0 Å². The van der Waals surface area contributed by atoms with E-state index in [2.05, 4.69) is 15.4 Å². The van der Waals surface area contributed by atoms with E-state index in [1.54, 1.807) is 0 Å². The number of carbonyl (C=O) groups excluding carboxylic acids is 3. The van der Waals surface area contributed by atoms with Gasteiger partial charge in [-0.25, -0.2) is 8.42 Å². The lowest BCUT2D eigenvalue weighted by Crippen LogP contribution is -2.28. The second-order valence-corrected chi connectivity index (χ2v) is 8.50. The molecule has 2 aromatic carbocycles. The topological polar surface area (TPSA) is 140 Å². The second kappa shape index (κ2) is 7.02. The molecule has 2 aromatic rings. The summed E-state index contributed by atoms with van der Waals surface area (Å²) in [7, 11) is -4.14. The summed E-state index contributed by atoms with van der Waals surface area (Å²) in [6, 6.07) is 6.68. The zero-order chi connectivity index (χ0) is 21.6. The van der Waals surface area contributed by atoms with Crippen LogP contribution in [0.2, 0.25) is 0 Å². The lowest BCUT2D eigenvalue weighted by atomic mass is 10.1. The van der Waals surface area contributed by atoms with E-state index in [4.69, 9.17) is 9.47 Å². The van der Waals surface area contributed by atoms with E-state index in [-0.39, 0.29) is 40.1 Å². The van der Waals surface area contributed by atoms with Crippen molar-refractivity contribution in [1.82, 2.24) is 0 Å². The van der Waals surface area contributed by atoms with Crippen LogP contribution in [0.1, 0.15) is 24.2 Å². The van der Waals surface area contributed by atoms with E-state index in [0.29, 0.717) is 11.5 Å². The number of fused-ring (bicyclic) bond motifs is 2. The number of hydrogen-bond donors (Lipinski definition) is 3. The lowest BCUT2D eigenvalue weighted by molar-refractivity contribution is -0.128. The summed E-state index contributed by atoms with van der Waals surface area (Å²) in [6.45, 7) is 2.72. The minimum Gasteiger partial charge on any atom is -0.454 e. The molecular weight excluding hydrogens is 414 g/mol. The number of sulfonamides is 1. The Morgan fingerprint density at radius 2 is 1.67 bits per heavy atom. The monoisotopic (exact) mass is 431 g/mol. The van der Waals surface area contributed by atoms with Crippen LogP contribution in [-0.4, -0.2) is 32.8 Å². The fraction of sp³-hybridized carbons (Fsp3) is 0.211. The van der Waals surface area contributed by atoms with Crippen LogP contribution in [0, 0.1) is 5.92 Å². The van der Waals surface area contributed by atoms with Crippen molar-refractivity contribution in [3.63, 3.8) is 0 Å². The Morgan fingerprint density at radius 3 is 2.33 bits per heavy atom. The van der Waals surface area contributed by atoms with Crippen LogP contribution in [0.3, 0.4) is 0 Å². The summed E-state index contributed by atoms with van der Waals surface area (Å²) >= 11 is 0. The normalized spacial score (nSPS) is 17.5. The maximum atomic E-state index is 13.0. The summed E-state index contributed by atoms with van der Waals surface area (Å²) in [5.41, 5.74) is 0.585. The van der Waals surface area contributed by atoms with Gasteiger partial charge in [0.1, 0.15) is 5.92 Å². The van der Waals surface area contributed by atoms with Gasteiger partial charge in [-0.1, -0.05) is 0 Å². The SMILES string of the molecule is CC(=O)c1cc2c(cc1NS(=O)(=O)c1ccc3c(c1)NC(=O)C(C)C(=O)N3)OCO2. The van der Waals surface area contributed by atoms with Crippen LogP contribution in [0.25, 0.3) is 0 Å². The first-order chi connectivity index (χ1) is 14.2. The van der Waals surface area contributed by atoms with Crippen LogP contribution in [-0.2, 0) is 19.6 Å². The predicted octanol–water partition coefficient (Wildman–Crippen LogP) is 1.95. The number of rotatable bonds is 4. The van der Waals surface area contributed by atoms with Crippen molar-refractivity contribution in [3.05, 3.63) is 35.9 Å². The van der Waals surface area contributed by atoms with E-state index in [1.165, 1.54) is 44.2 Å². The van der Waals surface area contributed by atoms with Crippen molar-refractivity contribution in [2.75, 3.05) is 22.1 Å². The van der Waals surface area contributed by atoms with Gasteiger partial charge in [-0.2, -0.15) is 0 Å². The average Bonchev–Trinajstić information content (AvgIpc) is 3.10. The molecule has 2 amide bonds. The van der Waals surface area contributed by atoms with Crippen molar-refractivity contribution in [2.24, 2.45) is 5.92 Å². The summed E-state index contributed by atoms with van der Waals surface area (Å²) in [4.78, 5) is 35.8. The number of amides is 2.